The summed E-state index contributed by atoms with van der Waals surface area (Å²) in [6.07, 6.45) is 0. The molecular weight excluding hydrogens is 315 g/mol. The van der Waals surface area contributed by atoms with Crippen molar-refractivity contribution < 1.29 is 0 Å². The molecule has 3 aliphatic heterocycles. The summed E-state index contributed by atoms with van der Waals surface area (Å²) in [5, 5.41) is 13.5. The van der Waals surface area contributed by atoms with Crippen LogP contribution in [-0.4, -0.2) is 63.7 Å². The molecule has 0 aromatic heterocycles. The monoisotopic (exact) mass is 339 g/mol. The topological polar surface area (TPSA) is 91.2 Å². The molecule has 12 heteroatoms. The van der Waals surface area contributed by atoms with Gasteiger partial charge in [0.25, 0.3) is 0 Å². The van der Waals surface area contributed by atoms with Crippen LogP contribution in [-0.2, 0) is 0 Å². The fourth-order valence-electron chi connectivity index (χ4n) is 2.21. The predicted octanol–water partition coefficient (Wildman–Crippen LogP) is 1.35. The molecule has 0 unspecified atom stereocenters. The van der Waals surface area contributed by atoms with Crippen LogP contribution in [0.1, 0.15) is 0 Å². The number of nitrogens with zero attached hydrogens (tertiary/aromatic N) is 5. The zero-order valence-electron chi connectivity index (χ0n) is 12.4. The minimum Gasteiger partial charge on any atom is -0.257 e. The molecule has 0 bridgehead atoms. The zero-order valence-corrected chi connectivity index (χ0v) is 15.1. The van der Waals surface area contributed by atoms with Gasteiger partial charge in [0.1, 0.15) is 0 Å². The summed E-state index contributed by atoms with van der Waals surface area (Å²) in [5.74, 6) is 0. The van der Waals surface area contributed by atoms with Crippen LogP contribution >= 0.6 is 22.5 Å². The highest BCUT2D eigenvalue weighted by atomic mass is 31.3. The average molecular weight is 339 g/mol. The first-order chi connectivity index (χ1) is 9.57. The lowest BCUT2D eigenvalue weighted by molar-refractivity contribution is 0.847. The van der Waals surface area contributed by atoms with E-state index in [4.69, 9.17) is 13.5 Å². The van der Waals surface area contributed by atoms with E-state index in [2.05, 4.69) is 29.7 Å². The van der Waals surface area contributed by atoms with Crippen molar-refractivity contribution in [3.63, 3.8) is 0 Å². The van der Waals surface area contributed by atoms with E-state index in [1.54, 1.807) is 0 Å². The molecule has 4 N–H and O–H groups in total. The Morgan fingerprint density at radius 1 is 0.650 bits per heavy atom. The number of rotatable bonds is 6. The van der Waals surface area contributed by atoms with Gasteiger partial charge in [0, 0.05) is 26.2 Å². The van der Waals surface area contributed by atoms with Crippen LogP contribution in [0.5, 0.6) is 0 Å². The Morgan fingerprint density at radius 2 is 1.10 bits per heavy atom. The van der Waals surface area contributed by atoms with Crippen LogP contribution in [0, 0.1) is 0 Å². The summed E-state index contributed by atoms with van der Waals surface area (Å²) in [5.41, 5.74) is 0. The summed E-state index contributed by atoms with van der Waals surface area (Å²) < 4.78 is 20.0. The highest BCUT2D eigenvalue weighted by molar-refractivity contribution is 7.83. The van der Waals surface area contributed by atoms with Gasteiger partial charge in [0.05, 0.1) is 0 Å². The van der Waals surface area contributed by atoms with E-state index in [1.165, 1.54) is 0 Å². The van der Waals surface area contributed by atoms with Crippen molar-refractivity contribution in [3.05, 3.63) is 0 Å². The Kier molecular flexibility index (Phi) is 4.04. The minimum absolute atomic E-state index is 1.07. The van der Waals surface area contributed by atoms with E-state index in [0.29, 0.717) is 0 Å². The van der Waals surface area contributed by atoms with Crippen molar-refractivity contribution in [2.24, 2.45) is 13.5 Å². The number of hydrogen-bond acceptors (Lipinski definition) is 9. The Bertz CT molecular complexity index is 534. The molecule has 0 aromatic carbocycles. The first kappa shape index (κ1) is 15.3. The molecule has 3 heterocycles. The Morgan fingerprint density at radius 3 is 1.45 bits per heavy atom. The molecule has 9 nitrogen and oxygen atoms in total. The van der Waals surface area contributed by atoms with Crippen LogP contribution in [0.3, 0.4) is 0 Å². The molecule has 0 aliphatic carbocycles. The summed E-state index contributed by atoms with van der Waals surface area (Å²) in [6, 6.07) is 0. The zero-order chi connectivity index (χ0) is 14.4. The third-order valence-electron chi connectivity index (χ3n) is 3.62. The summed E-state index contributed by atoms with van der Waals surface area (Å²) in [7, 11) is 1.64. The third-order valence-corrected chi connectivity index (χ3v) is 14.5. The number of hydrogen-bond donors (Lipinski definition) is 4. The molecule has 3 rings (SSSR count). The van der Waals surface area contributed by atoms with Crippen molar-refractivity contribution in [3.8, 4) is 0 Å². The van der Waals surface area contributed by atoms with Gasteiger partial charge in [-0.25, -0.2) is 9.34 Å². The largest absolute Gasteiger partial charge is 0.257 e. The van der Waals surface area contributed by atoms with Crippen LogP contribution in [0.4, 0.5) is 0 Å². The van der Waals surface area contributed by atoms with E-state index in [9.17, 15) is 0 Å². The number of nitrogens with one attached hydrogen (secondary N) is 4. The van der Waals surface area contributed by atoms with Crippen molar-refractivity contribution in [1.82, 2.24) is 29.7 Å². The van der Waals surface area contributed by atoms with Gasteiger partial charge < -0.3 is 0 Å². The van der Waals surface area contributed by atoms with Gasteiger partial charge in [-0.15, -0.1) is 0 Å². The molecule has 3 aliphatic rings. The molecule has 20 heavy (non-hydrogen) atoms. The fraction of sp³-hybridized carbons (Fsp3) is 1.00. The maximum Gasteiger partial charge on any atom is 0.218 e. The van der Waals surface area contributed by atoms with Gasteiger partial charge in [-0.05, 0) is 28.2 Å². The van der Waals surface area contributed by atoms with E-state index in [0.717, 1.165) is 26.2 Å². The molecule has 0 aromatic rings. The first-order valence-electron chi connectivity index (χ1n) is 6.76. The fourth-order valence-corrected chi connectivity index (χ4v) is 14.6. The summed E-state index contributed by atoms with van der Waals surface area (Å²) in [4.78, 5) is 0. The lowest BCUT2D eigenvalue weighted by Gasteiger charge is -2.36. The normalized spacial score (nSPS) is 39.6. The van der Waals surface area contributed by atoms with Crippen molar-refractivity contribution in [1.29, 1.82) is 0 Å². The van der Waals surface area contributed by atoms with Gasteiger partial charge in [0.2, 0.25) is 22.5 Å². The standard InChI is InChI=1S/C8H24N9P3/c1-9-18(10-2)13-19(11-3,16-5-6-16)15-20(12-4,14-18)17-7-8-17/h9-12H,5-8H2,1-4H3/t19-,20+. The molecule has 2 fully saturated rings. The van der Waals surface area contributed by atoms with Gasteiger partial charge in [-0.3, -0.25) is 20.3 Å². The molecule has 116 valence electrons. The molecule has 0 amide bonds. The maximum absolute atomic E-state index is 5.16. The highest BCUT2D eigenvalue weighted by Gasteiger charge is 2.46. The Labute approximate surface area is 120 Å². The van der Waals surface area contributed by atoms with E-state index < -0.39 is 22.5 Å². The summed E-state index contributed by atoms with van der Waals surface area (Å²) >= 11 is 0. The second-order valence-electron chi connectivity index (χ2n) is 4.81. The quantitative estimate of drug-likeness (QED) is 0.431. The smallest absolute Gasteiger partial charge is 0.218 e. The van der Waals surface area contributed by atoms with Gasteiger partial charge >= 0.3 is 0 Å². The molecular formula is C8H24N9P3. The maximum atomic E-state index is 5.16. The van der Waals surface area contributed by atoms with Crippen LogP contribution in [0.25, 0.3) is 0 Å². The lowest BCUT2D eigenvalue weighted by atomic mass is 11.0. The first-order valence-corrected chi connectivity index (χ1v) is 11.7. The van der Waals surface area contributed by atoms with Crippen molar-refractivity contribution in [2.75, 3.05) is 54.4 Å². The average Bonchev–Trinajstić information content (AvgIpc) is 3.35. The van der Waals surface area contributed by atoms with Crippen LogP contribution < -0.4 is 20.3 Å². The van der Waals surface area contributed by atoms with Crippen LogP contribution in [0.2, 0.25) is 0 Å². The molecule has 2 atom stereocenters. The van der Waals surface area contributed by atoms with Crippen molar-refractivity contribution in [2.45, 2.75) is 0 Å². The Balaban J connectivity index is 2.24. The van der Waals surface area contributed by atoms with E-state index in [1.807, 2.05) is 28.2 Å². The second kappa shape index (κ2) is 5.27. The highest BCUT2D eigenvalue weighted by Crippen LogP contribution is 2.76. The SMILES string of the molecule is CNP1(NC)=N[P@](NC)(N2CC2)=N[P@](NC)(N2CC2)=N1. The van der Waals surface area contributed by atoms with Gasteiger partial charge in [-0.1, -0.05) is 0 Å². The van der Waals surface area contributed by atoms with Crippen molar-refractivity contribution >= 4 is 22.5 Å². The predicted molar refractivity (Wildman–Crippen MR) is 87.4 cm³/mol. The molecule has 0 saturated carbocycles. The van der Waals surface area contributed by atoms with Gasteiger partial charge in [-0.2, -0.15) is 13.5 Å². The molecule has 2 saturated heterocycles. The minimum atomic E-state index is -2.11. The van der Waals surface area contributed by atoms with E-state index >= 15 is 0 Å². The molecule has 0 radical (unpaired) electrons. The second-order valence-corrected chi connectivity index (χ2v) is 13.4. The lowest BCUT2D eigenvalue weighted by Crippen LogP contribution is -2.22. The molecule has 0 spiro atoms. The third kappa shape index (κ3) is 2.39. The Hall–Kier alpha value is 0.450. The van der Waals surface area contributed by atoms with Crippen LogP contribution in [0.15, 0.2) is 13.5 Å². The van der Waals surface area contributed by atoms with E-state index in [-0.39, 0.29) is 0 Å². The van der Waals surface area contributed by atoms with Gasteiger partial charge in [0.15, 0.2) is 0 Å². The summed E-state index contributed by atoms with van der Waals surface area (Å²) in [6.45, 7) is 4.27.